The third kappa shape index (κ3) is 6.42. The number of hydrogen-bond acceptors (Lipinski definition) is 5. The van der Waals surface area contributed by atoms with Crippen molar-refractivity contribution in [1.29, 1.82) is 0 Å². The summed E-state index contributed by atoms with van der Waals surface area (Å²) in [6.07, 6.45) is 0.0116. The Labute approximate surface area is 202 Å². The van der Waals surface area contributed by atoms with Gasteiger partial charge in [0.1, 0.15) is 24.0 Å². The number of halogens is 2. The molecular formula is C27H26F2N2O4. The second-order valence-electron chi connectivity index (χ2n) is 8.16. The highest BCUT2D eigenvalue weighted by molar-refractivity contribution is 6.03. The molecule has 1 amide bonds. The van der Waals surface area contributed by atoms with E-state index < -0.39 is 17.7 Å². The van der Waals surface area contributed by atoms with Crippen molar-refractivity contribution in [3.63, 3.8) is 0 Å². The van der Waals surface area contributed by atoms with E-state index in [1.54, 1.807) is 7.11 Å². The second kappa shape index (κ2) is 11.6. The zero-order valence-electron chi connectivity index (χ0n) is 19.3. The van der Waals surface area contributed by atoms with E-state index in [0.29, 0.717) is 17.9 Å². The van der Waals surface area contributed by atoms with Crippen LogP contribution in [0.1, 0.15) is 23.1 Å². The van der Waals surface area contributed by atoms with Crippen molar-refractivity contribution in [3.8, 4) is 5.75 Å². The molecule has 3 aromatic carbocycles. The summed E-state index contributed by atoms with van der Waals surface area (Å²) < 4.78 is 38.7. The molecule has 1 atom stereocenters. The third-order valence-corrected chi connectivity index (χ3v) is 5.64. The fourth-order valence-electron chi connectivity index (χ4n) is 3.85. The van der Waals surface area contributed by atoms with Crippen LogP contribution in [0, 0.1) is 11.6 Å². The van der Waals surface area contributed by atoms with Crippen molar-refractivity contribution < 1.29 is 27.9 Å². The molecule has 0 bridgehead atoms. The maximum absolute atomic E-state index is 14.4. The van der Waals surface area contributed by atoms with Crippen LogP contribution in [0.15, 0.2) is 78.0 Å². The van der Waals surface area contributed by atoms with E-state index in [-0.39, 0.29) is 37.8 Å². The van der Waals surface area contributed by atoms with Crippen LogP contribution in [0.2, 0.25) is 0 Å². The Hall–Kier alpha value is -3.78. The van der Waals surface area contributed by atoms with Crippen LogP contribution in [0.5, 0.6) is 5.75 Å². The van der Waals surface area contributed by atoms with Crippen molar-refractivity contribution in [3.05, 3.63) is 101 Å². The van der Waals surface area contributed by atoms with Crippen molar-refractivity contribution in [1.82, 2.24) is 4.90 Å². The average Bonchev–Trinajstić information content (AvgIpc) is 3.34. The van der Waals surface area contributed by atoms with Crippen LogP contribution in [-0.2, 0) is 27.5 Å². The lowest BCUT2D eigenvalue weighted by atomic mass is 10.0. The summed E-state index contributed by atoms with van der Waals surface area (Å²) in [5.41, 5.74) is 2.65. The molecule has 6 nitrogen and oxygen atoms in total. The molecule has 1 aliphatic heterocycles. The van der Waals surface area contributed by atoms with Gasteiger partial charge in [0.2, 0.25) is 5.91 Å². The molecule has 0 radical (unpaired) electrons. The summed E-state index contributed by atoms with van der Waals surface area (Å²) in [5.74, 6) is -1.05. The van der Waals surface area contributed by atoms with E-state index in [1.807, 2.05) is 54.6 Å². The number of benzene rings is 3. The highest BCUT2D eigenvalue weighted by Crippen LogP contribution is 2.25. The van der Waals surface area contributed by atoms with Gasteiger partial charge in [0.05, 0.1) is 26.0 Å². The van der Waals surface area contributed by atoms with Crippen LogP contribution in [0.4, 0.5) is 8.78 Å². The highest BCUT2D eigenvalue weighted by Gasteiger charge is 2.28. The summed E-state index contributed by atoms with van der Waals surface area (Å²) in [4.78, 5) is 20.1. The van der Waals surface area contributed by atoms with Crippen molar-refractivity contribution in [2.45, 2.75) is 25.7 Å². The maximum Gasteiger partial charge on any atom is 0.249 e. The van der Waals surface area contributed by atoms with Gasteiger partial charge in [-0.05, 0) is 23.8 Å². The van der Waals surface area contributed by atoms with Gasteiger partial charge in [-0.2, -0.15) is 0 Å². The molecule has 4 rings (SSSR count). The Morgan fingerprint density at radius 3 is 2.63 bits per heavy atom. The van der Waals surface area contributed by atoms with Crippen LogP contribution in [0.3, 0.4) is 0 Å². The van der Waals surface area contributed by atoms with Gasteiger partial charge in [0.25, 0.3) is 0 Å². The van der Waals surface area contributed by atoms with Gasteiger partial charge in [-0.1, -0.05) is 53.7 Å². The van der Waals surface area contributed by atoms with Gasteiger partial charge in [-0.3, -0.25) is 4.79 Å². The van der Waals surface area contributed by atoms with Gasteiger partial charge < -0.3 is 19.2 Å². The van der Waals surface area contributed by atoms with E-state index >= 15 is 0 Å². The maximum atomic E-state index is 14.4. The SMILES string of the molecule is COc1ccccc1C1=NO[C@@H](CN(Cc2ccc(F)cc2F)C(=O)COCc2ccccc2)C1. The summed E-state index contributed by atoms with van der Waals surface area (Å²) in [6.45, 7) is 0.187. The molecule has 3 aromatic rings. The fourth-order valence-corrected chi connectivity index (χ4v) is 3.85. The summed E-state index contributed by atoms with van der Waals surface area (Å²) in [6, 6.07) is 20.3. The first-order valence-electron chi connectivity index (χ1n) is 11.2. The van der Waals surface area contributed by atoms with Gasteiger partial charge in [0, 0.05) is 30.2 Å². The Bertz CT molecular complexity index is 1190. The largest absolute Gasteiger partial charge is 0.496 e. The standard InChI is InChI=1S/C27H26F2N2O4/c1-33-26-10-6-5-9-23(26)25-14-22(35-30-25)16-31(15-20-11-12-21(28)13-24(20)29)27(32)18-34-17-19-7-3-2-4-8-19/h2-13,22H,14-18H2,1H3/t22-/m1/s1. The smallest absolute Gasteiger partial charge is 0.249 e. The van der Waals surface area contributed by atoms with E-state index in [2.05, 4.69) is 5.16 Å². The zero-order valence-corrected chi connectivity index (χ0v) is 19.3. The van der Waals surface area contributed by atoms with Gasteiger partial charge in [-0.25, -0.2) is 8.78 Å². The van der Waals surface area contributed by atoms with E-state index in [9.17, 15) is 13.6 Å². The van der Waals surface area contributed by atoms with Crippen LogP contribution in [-0.4, -0.2) is 42.9 Å². The number of para-hydroxylation sites is 1. The molecule has 182 valence electrons. The first kappa shape index (κ1) is 24.3. The number of nitrogens with zero attached hydrogens (tertiary/aromatic N) is 2. The lowest BCUT2D eigenvalue weighted by Crippen LogP contribution is -2.39. The van der Waals surface area contributed by atoms with Crippen LogP contribution in [0.25, 0.3) is 0 Å². The third-order valence-electron chi connectivity index (χ3n) is 5.64. The van der Waals surface area contributed by atoms with Crippen molar-refractivity contribution in [2.24, 2.45) is 5.16 Å². The second-order valence-corrected chi connectivity index (χ2v) is 8.16. The number of methoxy groups -OCH3 is 1. The normalized spacial score (nSPS) is 14.8. The topological polar surface area (TPSA) is 60.4 Å². The highest BCUT2D eigenvalue weighted by atomic mass is 19.1. The molecule has 0 N–H and O–H groups in total. The van der Waals surface area contributed by atoms with Gasteiger partial charge >= 0.3 is 0 Å². The number of hydrogen-bond donors (Lipinski definition) is 0. The Morgan fingerprint density at radius 2 is 1.86 bits per heavy atom. The fraction of sp³-hybridized carbons (Fsp3) is 0.259. The Balaban J connectivity index is 1.43. The molecule has 0 unspecified atom stereocenters. The zero-order chi connectivity index (χ0) is 24.6. The number of oxime groups is 1. The summed E-state index contributed by atoms with van der Waals surface area (Å²) >= 11 is 0. The first-order chi connectivity index (χ1) is 17.0. The molecule has 1 aliphatic rings. The number of rotatable bonds is 10. The molecule has 35 heavy (non-hydrogen) atoms. The monoisotopic (exact) mass is 480 g/mol. The van der Waals surface area contributed by atoms with Gasteiger partial charge in [0.15, 0.2) is 6.10 Å². The lowest BCUT2D eigenvalue weighted by Gasteiger charge is -2.25. The van der Waals surface area contributed by atoms with E-state index in [1.165, 1.54) is 17.0 Å². The van der Waals surface area contributed by atoms with Crippen molar-refractivity contribution >= 4 is 11.6 Å². The number of carbonyl (C=O) groups is 1. The average molecular weight is 481 g/mol. The summed E-state index contributed by atoms with van der Waals surface area (Å²) in [7, 11) is 1.58. The molecule has 1 heterocycles. The van der Waals surface area contributed by atoms with Gasteiger partial charge in [-0.15, -0.1) is 0 Å². The molecule has 0 saturated heterocycles. The Kier molecular flexibility index (Phi) is 8.05. The van der Waals surface area contributed by atoms with E-state index in [4.69, 9.17) is 14.3 Å². The van der Waals surface area contributed by atoms with Crippen molar-refractivity contribution in [2.75, 3.05) is 20.3 Å². The lowest BCUT2D eigenvalue weighted by molar-refractivity contribution is -0.139. The minimum atomic E-state index is -0.716. The molecule has 8 heteroatoms. The molecule has 0 aromatic heterocycles. The quantitative estimate of drug-likeness (QED) is 0.422. The minimum absolute atomic E-state index is 0.0521. The predicted molar refractivity (Wildman–Crippen MR) is 127 cm³/mol. The van der Waals surface area contributed by atoms with Crippen LogP contribution >= 0.6 is 0 Å². The number of carbonyl (C=O) groups excluding carboxylic acids is 1. The number of amides is 1. The molecule has 0 spiro atoms. The van der Waals surface area contributed by atoms with Crippen LogP contribution < -0.4 is 4.74 Å². The minimum Gasteiger partial charge on any atom is -0.496 e. The Morgan fingerprint density at radius 1 is 1.09 bits per heavy atom. The molecule has 0 saturated carbocycles. The first-order valence-corrected chi connectivity index (χ1v) is 11.2. The van der Waals surface area contributed by atoms with E-state index in [0.717, 1.165) is 17.2 Å². The molecule has 0 aliphatic carbocycles. The predicted octanol–water partition coefficient (Wildman–Crippen LogP) is 4.71. The summed E-state index contributed by atoms with van der Waals surface area (Å²) in [5, 5.41) is 4.19. The number of ether oxygens (including phenoxy) is 2. The molecule has 0 fully saturated rings. The molecular weight excluding hydrogens is 454 g/mol.